The van der Waals surface area contributed by atoms with Crippen LogP contribution in [0, 0.1) is 11.8 Å². The molecule has 1 saturated carbocycles. The summed E-state index contributed by atoms with van der Waals surface area (Å²) in [5.41, 5.74) is -0.651. The molecule has 108 valence electrons. The first kappa shape index (κ1) is 15.3. The molecule has 1 amide bonds. The highest BCUT2D eigenvalue weighted by molar-refractivity contribution is 5.81. The molecule has 7 nitrogen and oxygen atoms in total. The van der Waals surface area contributed by atoms with E-state index in [1.54, 1.807) is 20.8 Å². The van der Waals surface area contributed by atoms with E-state index in [0.29, 0.717) is 0 Å². The van der Waals surface area contributed by atoms with E-state index >= 15 is 0 Å². The number of aliphatic carboxylic acids is 1. The van der Waals surface area contributed by atoms with Crippen molar-refractivity contribution in [3.63, 3.8) is 0 Å². The van der Waals surface area contributed by atoms with Gasteiger partial charge in [0.1, 0.15) is 5.60 Å². The highest BCUT2D eigenvalue weighted by atomic mass is 16.6. The van der Waals surface area contributed by atoms with E-state index in [0.717, 1.165) is 0 Å². The average molecular weight is 273 g/mol. The first-order valence-corrected chi connectivity index (χ1v) is 5.95. The Hall–Kier alpha value is -1.79. The first-order chi connectivity index (χ1) is 8.65. The fraction of sp³-hybridized carbons (Fsp3) is 0.750. The van der Waals surface area contributed by atoms with Gasteiger partial charge in [0.25, 0.3) is 0 Å². The molecule has 0 heterocycles. The Kier molecular flexibility index (Phi) is 4.39. The van der Waals surface area contributed by atoms with E-state index in [1.807, 2.05) is 0 Å². The number of carboxylic acid groups (broad SMARTS) is 1. The lowest BCUT2D eigenvalue weighted by atomic mass is 10.2. The van der Waals surface area contributed by atoms with Crippen LogP contribution in [0.25, 0.3) is 0 Å². The number of carbonyl (C=O) groups is 3. The predicted octanol–water partition coefficient (Wildman–Crippen LogP) is 0.773. The molecule has 0 bridgehead atoms. The van der Waals surface area contributed by atoms with Crippen LogP contribution in [-0.2, 0) is 19.1 Å². The lowest BCUT2D eigenvalue weighted by Crippen LogP contribution is -2.35. The minimum absolute atomic E-state index is 0.194. The summed E-state index contributed by atoms with van der Waals surface area (Å²) in [6.45, 7) is 5.14. The topological polar surface area (TPSA) is 102 Å². The maximum atomic E-state index is 11.6. The Bertz CT molecular complexity index is 386. The van der Waals surface area contributed by atoms with Gasteiger partial charge in [-0.15, -0.1) is 0 Å². The molecule has 0 saturated heterocycles. The molecular formula is C12H19NO6. The van der Waals surface area contributed by atoms with Gasteiger partial charge in [-0.05, 0) is 20.8 Å². The number of hydrogen-bond acceptors (Lipinski definition) is 5. The summed E-state index contributed by atoms with van der Waals surface area (Å²) in [7, 11) is 1.23. The quantitative estimate of drug-likeness (QED) is 0.734. The van der Waals surface area contributed by atoms with Crippen molar-refractivity contribution in [2.75, 3.05) is 7.11 Å². The molecule has 0 aromatic carbocycles. The maximum absolute atomic E-state index is 11.6. The van der Waals surface area contributed by atoms with E-state index in [2.05, 4.69) is 10.1 Å². The van der Waals surface area contributed by atoms with Crippen molar-refractivity contribution < 1.29 is 29.0 Å². The summed E-state index contributed by atoms with van der Waals surface area (Å²) in [6, 6.07) is -0.543. The van der Waals surface area contributed by atoms with Crippen molar-refractivity contribution in [1.82, 2.24) is 5.32 Å². The summed E-state index contributed by atoms with van der Waals surface area (Å²) in [4.78, 5) is 33.7. The van der Waals surface area contributed by atoms with Gasteiger partial charge in [0.15, 0.2) is 0 Å². The highest BCUT2D eigenvalue weighted by Crippen LogP contribution is 2.42. The molecule has 0 aromatic rings. The van der Waals surface area contributed by atoms with Crippen LogP contribution in [0.15, 0.2) is 0 Å². The zero-order valence-corrected chi connectivity index (χ0v) is 11.4. The van der Waals surface area contributed by atoms with Crippen molar-refractivity contribution in [2.45, 2.75) is 38.8 Å². The third kappa shape index (κ3) is 4.42. The van der Waals surface area contributed by atoms with Gasteiger partial charge in [0.05, 0.1) is 25.5 Å². The zero-order valence-electron chi connectivity index (χ0n) is 11.4. The minimum Gasteiger partial charge on any atom is -0.481 e. The smallest absolute Gasteiger partial charge is 0.407 e. The molecule has 0 radical (unpaired) electrons. The molecule has 19 heavy (non-hydrogen) atoms. The van der Waals surface area contributed by atoms with Crippen molar-refractivity contribution in [1.29, 1.82) is 0 Å². The first-order valence-electron chi connectivity index (χ1n) is 5.95. The standard InChI is InChI=1S/C12H19NO6/c1-12(2,3)19-11(17)13-9-6(5-7(14)15)8(9)10(16)18-4/h6,8-9H,5H2,1-4H3,(H,13,17)(H,14,15)/t6-,8-,9-/m1/s1. The second-order valence-corrected chi connectivity index (χ2v) is 5.48. The molecule has 3 atom stereocenters. The predicted molar refractivity (Wildman–Crippen MR) is 64.4 cm³/mol. The van der Waals surface area contributed by atoms with Crippen LogP contribution in [0.5, 0.6) is 0 Å². The summed E-state index contributed by atoms with van der Waals surface area (Å²) in [6.07, 6.45) is -0.862. The number of carboxylic acids is 1. The van der Waals surface area contributed by atoms with E-state index in [1.165, 1.54) is 7.11 Å². The fourth-order valence-electron chi connectivity index (χ4n) is 1.93. The molecular weight excluding hydrogens is 254 g/mol. The van der Waals surface area contributed by atoms with E-state index < -0.39 is 41.5 Å². The van der Waals surface area contributed by atoms with Gasteiger partial charge in [-0.1, -0.05) is 0 Å². The number of ether oxygens (including phenoxy) is 2. The number of amides is 1. The molecule has 0 aliphatic heterocycles. The number of hydrogen-bond donors (Lipinski definition) is 2. The maximum Gasteiger partial charge on any atom is 0.407 e. The second kappa shape index (κ2) is 5.46. The number of carbonyl (C=O) groups excluding carboxylic acids is 2. The summed E-state index contributed by atoms with van der Waals surface area (Å²) < 4.78 is 9.63. The van der Waals surface area contributed by atoms with Crippen molar-refractivity contribution in [3.8, 4) is 0 Å². The molecule has 1 aliphatic rings. The number of rotatable bonds is 4. The van der Waals surface area contributed by atoms with Crippen molar-refractivity contribution in [2.24, 2.45) is 11.8 Å². The zero-order chi connectivity index (χ0) is 14.8. The van der Waals surface area contributed by atoms with Crippen molar-refractivity contribution >= 4 is 18.0 Å². The molecule has 1 aliphatic carbocycles. The molecule has 1 fully saturated rings. The molecule has 1 rings (SSSR count). The van der Waals surface area contributed by atoms with Crippen LogP contribution < -0.4 is 5.32 Å². The van der Waals surface area contributed by atoms with Crippen LogP contribution in [0.2, 0.25) is 0 Å². The highest BCUT2D eigenvalue weighted by Gasteiger charge is 2.57. The van der Waals surface area contributed by atoms with Gasteiger partial charge in [-0.25, -0.2) is 4.79 Å². The van der Waals surface area contributed by atoms with Gasteiger partial charge in [-0.2, -0.15) is 0 Å². The lowest BCUT2D eigenvalue weighted by molar-refractivity contribution is -0.142. The van der Waals surface area contributed by atoms with E-state index in [4.69, 9.17) is 9.84 Å². The normalized spacial score (nSPS) is 25.4. The van der Waals surface area contributed by atoms with Crippen LogP contribution in [0.1, 0.15) is 27.2 Å². The van der Waals surface area contributed by atoms with Crippen molar-refractivity contribution in [3.05, 3.63) is 0 Å². The average Bonchev–Trinajstić information content (AvgIpc) is 2.85. The number of methoxy groups -OCH3 is 1. The SMILES string of the molecule is COC(=O)[C@@H]1[C@@H](CC(=O)O)[C@H]1NC(=O)OC(C)(C)C. The number of alkyl carbamates (subject to hydrolysis) is 1. The third-order valence-electron chi connectivity index (χ3n) is 2.74. The molecule has 0 aromatic heterocycles. The Morgan fingerprint density at radius 3 is 2.26 bits per heavy atom. The summed E-state index contributed by atoms with van der Waals surface area (Å²) in [5, 5.41) is 11.2. The van der Waals surface area contributed by atoms with Gasteiger partial charge >= 0.3 is 18.0 Å². The number of nitrogens with one attached hydrogen (secondary N) is 1. The third-order valence-corrected chi connectivity index (χ3v) is 2.74. The molecule has 2 N–H and O–H groups in total. The Balaban J connectivity index is 2.58. The van der Waals surface area contributed by atoms with Gasteiger partial charge in [0, 0.05) is 5.92 Å². The number of esters is 1. The summed E-state index contributed by atoms with van der Waals surface area (Å²) >= 11 is 0. The Morgan fingerprint density at radius 2 is 1.84 bits per heavy atom. The molecule has 7 heteroatoms. The van der Waals surface area contributed by atoms with Gasteiger partial charge in [0.2, 0.25) is 0 Å². The fourth-order valence-corrected chi connectivity index (χ4v) is 1.93. The van der Waals surface area contributed by atoms with Crippen LogP contribution in [0.4, 0.5) is 4.79 Å². The van der Waals surface area contributed by atoms with E-state index in [9.17, 15) is 14.4 Å². The van der Waals surface area contributed by atoms with Gasteiger partial charge in [-0.3, -0.25) is 9.59 Å². The molecule has 0 unspecified atom stereocenters. The van der Waals surface area contributed by atoms with E-state index in [-0.39, 0.29) is 6.42 Å². The van der Waals surface area contributed by atoms with Crippen LogP contribution in [-0.4, -0.2) is 41.9 Å². The lowest BCUT2D eigenvalue weighted by Gasteiger charge is -2.19. The molecule has 0 spiro atoms. The largest absolute Gasteiger partial charge is 0.481 e. The van der Waals surface area contributed by atoms with Crippen LogP contribution >= 0.6 is 0 Å². The minimum atomic E-state index is -1.02. The van der Waals surface area contributed by atoms with Crippen LogP contribution in [0.3, 0.4) is 0 Å². The Morgan fingerprint density at radius 1 is 1.26 bits per heavy atom. The van der Waals surface area contributed by atoms with Gasteiger partial charge < -0.3 is 19.9 Å². The summed E-state index contributed by atoms with van der Waals surface area (Å²) in [5.74, 6) is -2.61. The second-order valence-electron chi connectivity index (χ2n) is 5.48. The monoisotopic (exact) mass is 273 g/mol. The Labute approximate surface area is 111 Å².